The van der Waals surface area contributed by atoms with Crippen molar-refractivity contribution in [3.63, 3.8) is 0 Å². The molecule has 6 heteroatoms. The van der Waals surface area contributed by atoms with Gasteiger partial charge in [0.25, 0.3) is 0 Å². The van der Waals surface area contributed by atoms with E-state index in [0.717, 1.165) is 34.7 Å². The molecule has 0 radical (unpaired) electrons. The fourth-order valence-corrected chi connectivity index (χ4v) is 2.99. The van der Waals surface area contributed by atoms with Crippen LogP contribution in [-0.4, -0.2) is 23.0 Å². The first-order valence-electron chi connectivity index (χ1n) is 10.6. The SMILES string of the molecule is C=CC1=CCC(C(C)(C)C(C)NN=CC(=CC=CC(=CN)C(=C)N)c2ccc(C)nc2)=N1. The number of aromatic nitrogens is 1. The van der Waals surface area contributed by atoms with Gasteiger partial charge in [0.2, 0.25) is 0 Å². The van der Waals surface area contributed by atoms with Gasteiger partial charge in [0.15, 0.2) is 0 Å². The largest absolute Gasteiger partial charge is 0.404 e. The predicted molar refractivity (Wildman–Crippen MR) is 137 cm³/mol. The van der Waals surface area contributed by atoms with E-state index in [9.17, 15) is 0 Å². The molecule has 168 valence electrons. The quantitative estimate of drug-likeness (QED) is 0.288. The minimum atomic E-state index is -0.171. The number of pyridine rings is 1. The first kappa shape index (κ1) is 24.6. The molecule has 0 saturated heterocycles. The zero-order valence-corrected chi connectivity index (χ0v) is 19.5. The molecular weight excluding hydrogens is 396 g/mol. The molecule has 2 heterocycles. The maximum absolute atomic E-state index is 5.74. The lowest BCUT2D eigenvalue weighted by molar-refractivity contribution is 0.361. The fourth-order valence-electron chi connectivity index (χ4n) is 2.99. The highest BCUT2D eigenvalue weighted by Gasteiger charge is 2.32. The summed E-state index contributed by atoms with van der Waals surface area (Å²) >= 11 is 0. The van der Waals surface area contributed by atoms with Gasteiger partial charge in [-0.15, -0.1) is 0 Å². The minimum Gasteiger partial charge on any atom is -0.404 e. The summed E-state index contributed by atoms with van der Waals surface area (Å²) in [6.07, 6.45) is 15.3. The van der Waals surface area contributed by atoms with Gasteiger partial charge in [-0.3, -0.25) is 9.98 Å². The summed E-state index contributed by atoms with van der Waals surface area (Å²) in [7, 11) is 0. The van der Waals surface area contributed by atoms with E-state index in [-0.39, 0.29) is 11.5 Å². The predicted octanol–water partition coefficient (Wildman–Crippen LogP) is 4.55. The molecule has 0 aliphatic carbocycles. The van der Waals surface area contributed by atoms with Crippen molar-refractivity contribution in [3.05, 3.63) is 96.3 Å². The van der Waals surface area contributed by atoms with Gasteiger partial charge < -0.3 is 16.9 Å². The van der Waals surface area contributed by atoms with Gasteiger partial charge in [-0.05, 0) is 26.0 Å². The summed E-state index contributed by atoms with van der Waals surface area (Å²) in [5, 5.41) is 4.52. The molecule has 0 spiro atoms. The van der Waals surface area contributed by atoms with Crippen molar-refractivity contribution >= 4 is 17.5 Å². The van der Waals surface area contributed by atoms with Crippen LogP contribution in [-0.2, 0) is 0 Å². The molecule has 0 bridgehead atoms. The monoisotopic (exact) mass is 430 g/mol. The van der Waals surface area contributed by atoms with Gasteiger partial charge in [0, 0.05) is 58.0 Å². The van der Waals surface area contributed by atoms with Crippen LogP contribution >= 0.6 is 0 Å². The third-order valence-electron chi connectivity index (χ3n) is 5.62. The summed E-state index contributed by atoms with van der Waals surface area (Å²) in [5.74, 6) is 0. The molecule has 6 nitrogen and oxygen atoms in total. The van der Waals surface area contributed by atoms with Crippen molar-refractivity contribution in [2.24, 2.45) is 27.0 Å². The van der Waals surface area contributed by atoms with E-state index in [2.05, 4.69) is 60.5 Å². The van der Waals surface area contributed by atoms with E-state index in [4.69, 9.17) is 11.5 Å². The van der Waals surface area contributed by atoms with Gasteiger partial charge in [-0.25, -0.2) is 0 Å². The van der Waals surface area contributed by atoms with E-state index in [1.165, 1.54) is 6.20 Å². The number of hydrazone groups is 1. The maximum Gasteiger partial charge on any atom is 0.0587 e. The van der Waals surface area contributed by atoms with Gasteiger partial charge in [-0.2, -0.15) is 5.10 Å². The van der Waals surface area contributed by atoms with Crippen molar-refractivity contribution in [1.29, 1.82) is 0 Å². The van der Waals surface area contributed by atoms with Crippen LogP contribution in [0.4, 0.5) is 0 Å². The average Bonchev–Trinajstić information content (AvgIpc) is 3.26. The van der Waals surface area contributed by atoms with Crippen molar-refractivity contribution < 1.29 is 0 Å². The van der Waals surface area contributed by atoms with Gasteiger partial charge in [-0.1, -0.05) is 57.4 Å². The Kier molecular flexibility index (Phi) is 8.53. The summed E-state index contributed by atoms with van der Waals surface area (Å²) in [6.45, 7) is 15.9. The first-order valence-corrected chi connectivity index (χ1v) is 10.6. The summed E-state index contributed by atoms with van der Waals surface area (Å²) < 4.78 is 0. The molecule has 32 heavy (non-hydrogen) atoms. The number of hydrogen-bond donors (Lipinski definition) is 3. The summed E-state index contributed by atoms with van der Waals surface area (Å²) in [6, 6.07) is 4.05. The zero-order chi connectivity index (χ0) is 23.7. The van der Waals surface area contributed by atoms with Gasteiger partial charge in [0.05, 0.1) is 18.0 Å². The summed E-state index contributed by atoms with van der Waals surface area (Å²) in [5.41, 5.74) is 20.3. The Morgan fingerprint density at radius 3 is 2.66 bits per heavy atom. The number of nitrogens with two attached hydrogens (primary N) is 2. The van der Waals surface area contributed by atoms with Gasteiger partial charge in [0.1, 0.15) is 0 Å². The third-order valence-corrected chi connectivity index (χ3v) is 5.62. The molecule has 1 aliphatic rings. The number of allylic oxidation sites excluding steroid dienone is 6. The average molecular weight is 431 g/mol. The second-order valence-corrected chi connectivity index (χ2v) is 8.24. The normalized spacial score (nSPS) is 16.2. The topological polar surface area (TPSA) is 102 Å². The highest BCUT2D eigenvalue weighted by atomic mass is 15.3. The molecule has 0 aromatic carbocycles. The lowest BCUT2D eigenvalue weighted by Gasteiger charge is -2.31. The molecule has 0 fully saturated rings. The van der Waals surface area contributed by atoms with Crippen molar-refractivity contribution in [2.45, 2.75) is 40.2 Å². The van der Waals surface area contributed by atoms with E-state index in [1.807, 2.05) is 37.4 Å². The van der Waals surface area contributed by atoms with Crippen LogP contribution < -0.4 is 16.9 Å². The highest BCUT2D eigenvalue weighted by Crippen LogP contribution is 2.29. The van der Waals surface area contributed by atoms with Crippen LogP contribution in [0.25, 0.3) is 5.57 Å². The standard InChI is InChI=1S/C26H34N6/c1-7-24-13-14-25(31-24)26(5,6)20(4)32-30-17-22(23-12-11-18(2)29-16-23)10-8-9-21(15-27)19(3)28/h7-13,15-17,20,32H,1,3,14,27-28H2,2,4-6H3. The Morgan fingerprint density at radius 1 is 1.34 bits per heavy atom. The van der Waals surface area contributed by atoms with Crippen LogP contribution in [0.3, 0.4) is 0 Å². The van der Waals surface area contributed by atoms with E-state index < -0.39 is 0 Å². The first-order chi connectivity index (χ1) is 15.2. The number of nitrogens with one attached hydrogen (secondary N) is 1. The lowest BCUT2D eigenvalue weighted by Crippen LogP contribution is -2.42. The van der Waals surface area contributed by atoms with E-state index in [1.54, 1.807) is 18.4 Å². The number of nitrogens with zero attached hydrogens (tertiary/aromatic N) is 3. The van der Waals surface area contributed by atoms with Crippen LogP contribution in [0.2, 0.25) is 0 Å². The van der Waals surface area contributed by atoms with E-state index >= 15 is 0 Å². The second-order valence-electron chi connectivity index (χ2n) is 8.24. The highest BCUT2D eigenvalue weighted by molar-refractivity contribution is 6.10. The van der Waals surface area contributed by atoms with Crippen LogP contribution in [0.5, 0.6) is 0 Å². The van der Waals surface area contributed by atoms with Crippen LogP contribution in [0, 0.1) is 12.3 Å². The van der Waals surface area contributed by atoms with Crippen molar-refractivity contribution in [1.82, 2.24) is 10.4 Å². The molecule has 0 amide bonds. The molecule has 1 atom stereocenters. The molecule has 0 saturated carbocycles. The Labute approximate surface area is 191 Å². The Morgan fingerprint density at radius 2 is 2.09 bits per heavy atom. The van der Waals surface area contributed by atoms with Crippen LogP contribution in [0.1, 0.15) is 38.4 Å². The molecular formula is C26H34N6. The molecule has 1 aromatic heterocycles. The molecule has 1 aromatic rings. The smallest absolute Gasteiger partial charge is 0.0587 e. The van der Waals surface area contributed by atoms with Crippen LogP contribution in [0.15, 0.2) is 95.1 Å². The third kappa shape index (κ3) is 6.41. The molecule has 2 rings (SSSR count). The minimum absolute atomic E-state index is 0.0651. The summed E-state index contributed by atoms with van der Waals surface area (Å²) in [4.78, 5) is 9.08. The maximum atomic E-state index is 5.74. The number of aliphatic imine (C=N–C) groups is 1. The number of aryl methyl sites for hydroxylation is 1. The Hall–Kier alpha value is -3.67. The molecule has 1 unspecified atom stereocenters. The number of rotatable bonds is 10. The molecule has 5 N–H and O–H groups in total. The number of hydrogen-bond acceptors (Lipinski definition) is 6. The van der Waals surface area contributed by atoms with Gasteiger partial charge >= 0.3 is 0 Å². The second kappa shape index (κ2) is 11.1. The fraction of sp³-hybridized carbons (Fsp3) is 0.269. The van der Waals surface area contributed by atoms with E-state index in [0.29, 0.717) is 11.3 Å². The van der Waals surface area contributed by atoms with Crippen molar-refractivity contribution in [3.8, 4) is 0 Å². The zero-order valence-electron chi connectivity index (χ0n) is 19.5. The Bertz CT molecular complexity index is 1020. The lowest BCUT2D eigenvalue weighted by atomic mass is 9.80. The van der Waals surface area contributed by atoms with Crippen molar-refractivity contribution in [2.75, 3.05) is 0 Å². The molecule has 1 aliphatic heterocycles. The Balaban J connectivity index is 2.20.